The van der Waals surface area contributed by atoms with Crippen molar-refractivity contribution in [1.29, 1.82) is 0 Å². The van der Waals surface area contributed by atoms with Crippen LogP contribution in [0.3, 0.4) is 0 Å². The lowest BCUT2D eigenvalue weighted by Gasteiger charge is -2.25. The highest BCUT2D eigenvalue weighted by Gasteiger charge is 2.37. The summed E-state index contributed by atoms with van der Waals surface area (Å²) in [7, 11) is -4.06. The van der Waals surface area contributed by atoms with Crippen LogP contribution in [0.4, 0.5) is 0 Å². The molecule has 9 heteroatoms. The Morgan fingerprint density at radius 2 is 1.52 bits per heavy atom. The number of carbonyl (C=O) groups excluding carboxylic acids is 2. The molecule has 8 nitrogen and oxygen atoms in total. The molecular weight excluding hydrogens is 447 g/mol. The Labute approximate surface area is 193 Å². The molecule has 0 aliphatic rings. The molecule has 178 valence electrons. The molecule has 0 N–H and O–H groups in total. The number of hydrogen-bond donors (Lipinski definition) is 0. The van der Waals surface area contributed by atoms with Crippen LogP contribution < -0.4 is 19.5 Å². The van der Waals surface area contributed by atoms with Gasteiger partial charge in [-0.1, -0.05) is 13.2 Å². The van der Waals surface area contributed by atoms with E-state index in [4.69, 9.17) is 23.3 Å². The van der Waals surface area contributed by atoms with Gasteiger partial charge < -0.3 is 23.3 Å². The lowest BCUT2D eigenvalue weighted by molar-refractivity contribution is -0.129. The first-order valence-corrected chi connectivity index (χ1v) is 12.0. The molecule has 0 aromatic heterocycles. The second-order valence-corrected chi connectivity index (χ2v) is 9.32. The minimum atomic E-state index is -4.06. The third kappa shape index (κ3) is 6.54. The van der Waals surface area contributed by atoms with E-state index < -0.39 is 31.7 Å². The van der Waals surface area contributed by atoms with Crippen LogP contribution in [0, 0.1) is 0 Å². The van der Waals surface area contributed by atoms with Gasteiger partial charge in [-0.15, -0.1) is 0 Å². The smallest absolute Gasteiger partial charge is 0.365 e. The van der Waals surface area contributed by atoms with Crippen molar-refractivity contribution in [2.45, 2.75) is 46.8 Å². The van der Waals surface area contributed by atoms with Gasteiger partial charge in [-0.05, 0) is 52.8 Å². The van der Waals surface area contributed by atoms with Crippen LogP contribution in [0.5, 0.6) is 17.2 Å². The maximum Gasteiger partial charge on any atom is 0.365 e. The Bertz CT molecular complexity index is 1090. The summed E-state index contributed by atoms with van der Waals surface area (Å²) in [5.74, 6) is -1.02. The van der Waals surface area contributed by atoms with Gasteiger partial charge >= 0.3 is 19.5 Å². The average molecular weight is 476 g/mol. The number of benzene rings is 2. The fraction of sp³-hybridized carbons (Fsp3) is 0.333. The molecule has 0 atom stereocenters. The molecule has 33 heavy (non-hydrogen) atoms. The molecule has 2 rings (SSSR count). The maximum atomic E-state index is 14.0. The van der Waals surface area contributed by atoms with Crippen molar-refractivity contribution >= 4 is 35.6 Å². The second-order valence-electron chi connectivity index (χ2n) is 7.42. The Morgan fingerprint density at radius 3 is 2.03 bits per heavy atom. The molecule has 0 saturated carbocycles. The molecule has 0 amide bonds. The van der Waals surface area contributed by atoms with Crippen molar-refractivity contribution in [3.63, 3.8) is 0 Å². The van der Waals surface area contributed by atoms with Gasteiger partial charge in [0.15, 0.2) is 5.75 Å². The largest absolute Gasteiger partial charge is 0.494 e. The fourth-order valence-electron chi connectivity index (χ4n) is 2.97. The SMILES string of the molecule is C=CC(=O)Oc1cc(P(=O)(OC(C)C)OC(C)C)c(OC(=O)C=C)c2ccc(OCC)cc12. The quantitative estimate of drug-likeness (QED) is 0.191. The van der Waals surface area contributed by atoms with Gasteiger partial charge in [-0.3, -0.25) is 4.57 Å². The molecule has 2 aromatic carbocycles. The van der Waals surface area contributed by atoms with Crippen molar-refractivity contribution in [2.75, 3.05) is 6.61 Å². The van der Waals surface area contributed by atoms with E-state index >= 15 is 0 Å². The molecule has 0 heterocycles. The standard InChI is InChI=1S/C24H29O8P/c1-8-22(25)29-20-14-21(33(27,31-15(4)5)32-16(6)7)24(30-23(26)9-2)18-12-11-17(28-10-3)13-19(18)20/h8-9,11-16H,1-2,10H2,3-7H3. The minimum Gasteiger partial charge on any atom is -0.494 e. The summed E-state index contributed by atoms with van der Waals surface area (Å²) in [6.45, 7) is 15.9. The van der Waals surface area contributed by atoms with Crippen LogP contribution in [-0.2, 0) is 23.2 Å². The highest BCUT2D eigenvalue weighted by Crippen LogP contribution is 2.54. The summed E-state index contributed by atoms with van der Waals surface area (Å²) in [5.41, 5.74) is 0. The molecule has 0 radical (unpaired) electrons. The number of ether oxygens (including phenoxy) is 3. The fourth-order valence-corrected chi connectivity index (χ4v) is 5.05. The van der Waals surface area contributed by atoms with Gasteiger partial charge in [-0.25, -0.2) is 9.59 Å². The van der Waals surface area contributed by atoms with Crippen molar-refractivity contribution < 1.29 is 37.4 Å². The van der Waals surface area contributed by atoms with Crippen LogP contribution in [0.15, 0.2) is 49.6 Å². The number of hydrogen-bond acceptors (Lipinski definition) is 8. The first-order chi connectivity index (χ1) is 15.5. The molecule has 0 aliphatic heterocycles. The third-order valence-corrected chi connectivity index (χ3v) is 6.37. The zero-order valence-corrected chi connectivity index (χ0v) is 20.3. The third-order valence-electron chi connectivity index (χ3n) is 4.05. The summed E-state index contributed by atoms with van der Waals surface area (Å²) in [6, 6.07) is 6.20. The number of rotatable bonds is 11. The van der Waals surface area contributed by atoms with E-state index in [2.05, 4.69) is 13.2 Å². The first-order valence-electron chi connectivity index (χ1n) is 10.4. The average Bonchev–Trinajstić information content (AvgIpc) is 2.73. The maximum absolute atomic E-state index is 14.0. The van der Waals surface area contributed by atoms with Gasteiger partial charge in [0, 0.05) is 29.0 Å². The van der Waals surface area contributed by atoms with E-state index in [0.717, 1.165) is 12.2 Å². The second kappa shape index (κ2) is 11.3. The molecule has 0 saturated heterocycles. The van der Waals surface area contributed by atoms with Gasteiger partial charge in [0.25, 0.3) is 0 Å². The van der Waals surface area contributed by atoms with Crippen LogP contribution in [-0.4, -0.2) is 30.8 Å². The molecule has 0 aliphatic carbocycles. The Hall–Kier alpha value is -2.93. The zero-order valence-electron chi connectivity index (χ0n) is 19.5. The first kappa shape index (κ1) is 26.3. The van der Waals surface area contributed by atoms with Gasteiger partial charge in [0.2, 0.25) is 0 Å². The predicted molar refractivity (Wildman–Crippen MR) is 126 cm³/mol. The van der Waals surface area contributed by atoms with E-state index in [0.29, 0.717) is 23.1 Å². The monoisotopic (exact) mass is 476 g/mol. The van der Waals surface area contributed by atoms with E-state index in [-0.39, 0.29) is 16.8 Å². The van der Waals surface area contributed by atoms with Crippen LogP contribution in [0.25, 0.3) is 10.8 Å². The molecule has 0 bridgehead atoms. The highest BCUT2D eigenvalue weighted by molar-refractivity contribution is 7.62. The lowest BCUT2D eigenvalue weighted by Crippen LogP contribution is -2.21. The Kier molecular flexibility index (Phi) is 8.99. The van der Waals surface area contributed by atoms with E-state index in [1.54, 1.807) is 45.9 Å². The lowest BCUT2D eigenvalue weighted by atomic mass is 10.1. The summed E-state index contributed by atoms with van der Waals surface area (Å²) < 4.78 is 41.9. The van der Waals surface area contributed by atoms with Crippen molar-refractivity contribution in [3.05, 3.63) is 49.6 Å². The normalized spacial score (nSPS) is 11.5. The topological polar surface area (TPSA) is 97.4 Å². The minimum absolute atomic E-state index is 0.0461. The van der Waals surface area contributed by atoms with Crippen molar-refractivity contribution in [2.24, 2.45) is 0 Å². The van der Waals surface area contributed by atoms with Gasteiger partial charge in [0.05, 0.1) is 18.8 Å². The van der Waals surface area contributed by atoms with Gasteiger partial charge in [0.1, 0.15) is 16.8 Å². The molecular formula is C24H29O8P. The summed E-state index contributed by atoms with van der Waals surface area (Å²) in [5, 5.41) is 0.647. The number of fused-ring (bicyclic) bond motifs is 1. The predicted octanol–water partition coefficient (Wildman–Crippen LogP) is 5.09. The van der Waals surface area contributed by atoms with Gasteiger partial charge in [-0.2, -0.15) is 0 Å². The number of carbonyl (C=O) groups is 2. The Balaban J connectivity index is 2.96. The van der Waals surface area contributed by atoms with Crippen LogP contribution in [0.1, 0.15) is 34.6 Å². The highest BCUT2D eigenvalue weighted by atomic mass is 31.2. The van der Waals surface area contributed by atoms with E-state index in [9.17, 15) is 14.2 Å². The van der Waals surface area contributed by atoms with Crippen LogP contribution >= 0.6 is 7.60 Å². The summed E-state index contributed by atoms with van der Waals surface area (Å²) in [4.78, 5) is 24.3. The Morgan fingerprint density at radius 1 is 0.939 bits per heavy atom. The van der Waals surface area contributed by atoms with E-state index in [1.165, 1.54) is 6.07 Å². The molecule has 0 unspecified atom stereocenters. The molecule has 2 aromatic rings. The molecule has 0 spiro atoms. The van der Waals surface area contributed by atoms with E-state index in [1.807, 2.05) is 6.92 Å². The summed E-state index contributed by atoms with van der Waals surface area (Å²) in [6.07, 6.45) is 0.992. The zero-order chi connectivity index (χ0) is 24.8. The van der Waals surface area contributed by atoms with Crippen molar-refractivity contribution in [3.8, 4) is 17.2 Å². The van der Waals surface area contributed by atoms with Crippen LogP contribution in [0.2, 0.25) is 0 Å². The molecule has 0 fully saturated rings. The number of esters is 2. The van der Waals surface area contributed by atoms with Crippen molar-refractivity contribution in [1.82, 2.24) is 0 Å². The summed E-state index contributed by atoms with van der Waals surface area (Å²) >= 11 is 0.